The molecule has 3 heterocycles. The number of nitrogens with one attached hydrogen (secondary N) is 1. The first-order valence-electron chi connectivity index (χ1n) is 10.5. The van der Waals surface area contributed by atoms with E-state index in [2.05, 4.69) is 16.5 Å². The minimum Gasteiger partial charge on any atom is -0.468 e. The highest BCUT2D eigenvalue weighted by Crippen LogP contribution is 2.54. The summed E-state index contributed by atoms with van der Waals surface area (Å²) in [6.45, 7) is 3.59. The molecule has 0 bridgehead atoms. The van der Waals surface area contributed by atoms with Gasteiger partial charge in [-0.25, -0.2) is 4.79 Å². The molecular formula is C24H22N2O5S2. The van der Waals surface area contributed by atoms with E-state index in [0.717, 1.165) is 37.6 Å². The Bertz CT molecular complexity index is 1300. The van der Waals surface area contributed by atoms with Crippen LogP contribution in [0, 0.1) is 6.92 Å². The predicted molar refractivity (Wildman–Crippen MR) is 128 cm³/mol. The molecule has 0 aliphatic heterocycles. The van der Waals surface area contributed by atoms with Crippen molar-refractivity contribution in [2.45, 2.75) is 38.2 Å². The van der Waals surface area contributed by atoms with Crippen molar-refractivity contribution in [3.05, 3.63) is 58.6 Å². The van der Waals surface area contributed by atoms with Crippen molar-refractivity contribution in [1.82, 2.24) is 5.16 Å². The third kappa shape index (κ3) is 3.91. The number of hydrogen-bond donors (Lipinski definition) is 1. The van der Waals surface area contributed by atoms with Crippen LogP contribution >= 0.6 is 22.7 Å². The molecule has 5 rings (SSSR count). The highest BCUT2D eigenvalue weighted by molar-refractivity contribution is 7.29. The number of esters is 1. The number of hydrogen-bond acceptors (Lipinski definition) is 8. The van der Waals surface area contributed by atoms with Crippen molar-refractivity contribution < 1.29 is 23.6 Å². The summed E-state index contributed by atoms with van der Waals surface area (Å²) in [5, 5.41) is 6.84. The van der Waals surface area contributed by atoms with Crippen LogP contribution in [-0.2, 0) is 19.7 Å². The largest absolute Gasteiger partial charge is 0.468 e. The molecule has 1 atom stereocenters. The van der Waals surface area contributed by atoms with Gasteiger partial charge in [0, 0.05) is 14.3 Å². The van der Waals surface area contributed by atoms with Gasteiger partial charge in [-0.05, 0) is 44.4 Å². The Morgan fingerprint density at radius 1 is 1.15 bits per heavy atom. The van der Waals surface area contributed by atoms with Gasteiger partial charge in [0.15, 0.2) is 0 Å². The number of carbonyl (C=O) groups is 2. The minimum atomic E-state index is -0.576. The van der Waals surface area contributed by atoms with E-state index in [4.69, 9.17) is 14.0 Å². The lowest BCUT2D eigenvalue weighted by Gasteiger charge is -2.14. The number of thiophene rings is 2. The molecule has 1 N–H and O–H groups in total. The lowest BCUT2D eigenvalue weighted by molar-refractivity contribution is -0.143. The Balaban J connectivity index is 1.36. The number of nitrogens with zero attached hydrogens (tertiary/aromatic N) is 1. The summed E-state index contributed by atoms with van der Waals surface area (Å²) in [6, 6.07) is 13.6. The molecule has 33 heavy (non-hydrogen) atoms. The zero-order valence-corrected chi connectivity index (χ0v) is 20.0. The summed E-state index contributed by atoms with van der Waals surface area (Å²) < 4.78 is 18.2. The average molecular weight is 483 g/mol. The fourth-order valence-electron chi connectivity index (χ4n) is 3.82. The van der Waals surface area contributed by atoms with E-state index < -0.39 is 17.6 Å². The van der Waals surface area contributed by atoms with Gasteiger partial charge in [-0.15, -0.1) is 22.7 Å². The van der Waals surface area contributed by atoms with Gasteiger partial charge in [0.2, 0.25) is 5.76 Å². The van der Waals surface area contributed by atoms with Crippen molar-refractivity contribution in [2.75, 3.05) is 12.4 Å². The van der Waals surface area contributed by atoms with Gasteiger partial charge in [-0.3, -0.25) is 10.1 Å². The molecule has 1 aliphatic rings. The molecule has 1 fully saturated rings. The normalized spacial score (nSPS) is 15.2. The molecular weight excluding hydrogens is 460 g/mol. The number of methoxy groups -OCH3 is 1. The molecule has 170 valence electrons. The quantitative estimate of drug-likeness (QED) is 0.318. The average Bonchev–Trinajstić information content (AvgIpc) is 3.20. The number of amides is 1. The summed E-state index contributed by atoms with van der Waals surface area (Å²) in [5.74, 6) is 0.318. The van der Waals surface area contributed by atoms with Gasteiger partial charge in [0.05, 0.1) is 12.0 Å². The van der Waals surface area contributed by atoms with Crippen LogP contribution in [0.4, 0.5) is 10.5 Å². The molecule has 4 aromatic rings. The molecule has 1 saturated carbocycles. The Hall–Kier alpha value is -3.17. The number of rotatable bonds is 6. The van der Waals surface area contributed by atoms with Crippen LogP contribution < -0.4 is 5.32 Å². The van der Waals surface area contributed by atoms with Crippen LogP contribution in [0.1, 0.15) is 42.0 Å². The third-order valence-corrected chi connectivity index (χ3v) is 8.37. The molecule has 0 spiro atoms. The first kappa shape index (κ1) is 21.7. The second kappa shape index (κ2) is 8.31. The van der Waals surface area contributed by atoms with E-state index in [0.29, 0.717) is 17.1 Å². The highest BCUT2D eigenvalue weighted by atomic mass is 32.1. The van der Waals surface area contributed by atoms with Crippen LogP contribution in [0.3, 0.4) is 0 Å². The van der Waals surface area contributed by atoms with E-state index in [9.17, 15) is 9.59 Å². The molecule has 0 unspecified atom stereocenters. The van der Waals surface area contributed by atoms with E-state index in [-0.39, 0.29) is 5.97 Å². The summed E-state index contributed by atoms with van der Waals surface area (Å²) >= 11 is 3.13. The van der Waals surface area contributed by atoms with Gasteiger partial charge in [0.1, 0.15) is 22.9 Å². The van der Waals surface area contributed by atoms with Crippen LogP contribution in [0.5, 0.6) is 0 Å². The molecule has 0 radical (unpaired) electrons. The lowest BCUT2D eigenvalue weighted by atomic mass is 10.1. The standard InChI is InChI=1S/C24H22N2O5S2/c1-13-20(25-23(28)30-14(2)15-7-5-4-6-8-15)21(31-26-13)18-11-16-17(32-18)12-19(33-16)24(9-10-24)22(27)29-3/h4-8,11-12,14H,9-10H2,1-3H3,(H,25,28)/t14-/m1/s1. The van der Waals surface area contributed by atoms with E-state index in [1.165, 1.54) is 18.4 Å². The van der Waals surface area contributed by atoms with Gasteiger partial charge in [0.25, 0.3) is 0 Å². The number of fused-ring (bicyclic) bond motifs is 1. The first-order chi connectivity index (χ1) is 15.9. The first-order valence-corrected chi connectivity index (χ1v) is 12.2. The Morgan fingerprint density at radius 3 is 2.55 bits per heavy atom. The van der Waals surface area contributed by atoms with Crippen molar-refractivity contribution in [3.63, 3.8) is 0 Å². The number of ether oxygens (including phenoxy) is 2. The fourth-order valence-corrected chi connectivity index (χ4v) is 6.44. The van der Waals surface area contributed by atoms with Gasteiger partial charge in [-0.1, -0.05) is 35.5 Å². The van der Waals surface area contributed by atoms with E-state index >= 15 is 0 Å². The van der Waals surface area contributed by atoms with Crippen LogP contribution in [0.25, 0.3) is 20.0 Å². The molecule has 1 aliphatic carbocycles. The maximum Gasteiger partial charge on any atom is 0.412 e. The second-order valence-electron chi connectivity index (χ2n) is 8.08. The minimum absolute atomic E-state index is 0.169. The number of carbonyl (C=O) groups excluding carboxylic acids is 2. The number of aryl methyl sites for hydroxylation is 1. The zero-order valence-electron chi connectivity index (χ0n) is 18.3. The topological polar surface area (TPSA) is 90.7 Å². The van der Waals surface area contributed by atoms with Crippen LogP contribution in [0.2, 0.25) is 0 Å². The second-order valence-corrected chi connectivity index (χ2v) is 10.2. The molecule has 0 saturated heterocycles. The predicted octanol–water partition coefficient (Wildman–Crippen LogP) is 6.44. The van der Waals surface area contributed by atoms with Crippen LogP contribution in [0.15, 0.2) is 47.0 Å². The van der Waals surface area contributed by atoms with Crippen molar-refractivity contribution in [2.24, 2.45) is 0 Å². The highest BCUT2D eigenvalue weighted by Gasteiger charge is 2.53. The Labute approximate surface area is 198 Å². The number of anilines is 1. The van der Waals surface area contributed by atoms with Crippen molar-refractivity contribution in [1.29, 1.82) is 0 Å². The molecule has 9 heteroatoms. The Kier molecular flexibility index (Phi) is 5.46. The lowest BCUT2D eigenvalue weighted by Crippen LogP contribution is -2.20. The maximum absolute atomic E-state index is 12.6. The molecule has 7 nitrogen and oxygen atoms in total. The monoisotopic (exact) mass is 482 g/mol. The van der Waals surface area contributed by atoms with Gasteiger partial charge >= 0.3 is 12.1 Å². The maximum atomic E-state index is 12.6. The van der Waals surface area contributed by atoms with Crippen molar-refractivity contribution >= 4 is 49.8 Å². The Morgan fingerprint density at radius 2 is 1.88 bits per heavy atom. The van der Waals surface area contributed by atoms with Crippen LogP contribution in [-0.4, -0.2) is 24.3 Å². The van der Waals surface area contributed by atoms with Gasteiger partial charge in [-0.2, -0.15) is 0 Å². The SMILES string of the molecule is COC(=O)C1(c2cc3sc(-c4onc(C)c4NC(=O)O[C@H](C)c4ccccc4)cc3s2)CC1. The van der Waals surface area contributed by atoms with E-state index in [1.807, 2.05) is 43.3 Å². The fraction of sp³-hybridized carbons (Fsp3) is 0.292. The molecule has 1 amide bonds. The number of benzene rings is 1. The van der Waals surface area contributed by atoms with Gasteiger partial charge < -0.3 is 14.0 Å². The zero-order chi connectivity index (χ0) is 23.2. The summed E-state index contributed by atoms with van der Waals surface area (Å²) in [5.41, 5.74) is 1.48. The van der Waals surface area contributed by atoms with E-state index in [1.54, 1.807) is 18.3 Å². The van der Waals surface area contributed by atoms with Crippen molar-refractivity contribution in [3.8, 4) is 10.6 Å². The smallest absolute Gasteiger partial charge is 0.412 e. The molecule has 1 aromatic carbocycles. The summed E-state index contributed by atoms with van der Waals surface area (Å²) in [6.07, 6.45) is 0.663. The summed E-state index contributed by atoms with van der Waals surface area (Å²) in [7, 11) is 1.43. The number of aromatic nitrogens is 1. The third-order valence-electron chi connectivity index (χ3n) is 5.87. The molecule has 3 aromatic heterocycles. The summed E-state index contributed by atoms with van der Waals surface area (Å²) in [4.78, 5) is 26.7.